The normalized spacial score (nSPS) is 9.70. The fourth-order valence-electron chi connectivity index (χ4n) is 0.421. The Morgan fingerprint density at radius 2 is 2.10 bits per heavy atom. The average molecular weight is 161 g/mol. The third-order valence-electron chi connectivity index (χ3n) is 1.12. The molecule has 0 amide bonds. The van der Waals surface area contributed by atoms with Gasteiger partial charge in [-0.05, 0) is 33.0 Å². The van der Waals surface area contributed by atoms with Crippen LogP contribution in [-0.4, -0.2) is 29.8 Å². The van der Waals surface area contributed by atoms with Crippen LogP contribution in [0.5, 0.6) is 0 Å². The van der Waals surface area contributed by atoms with Gasteiger partial charge in [-0.25, -0.2) is 0 Å². The van der Waals surface area contributed by atoms with Gasteiger partial charge in [0.05, 0.1) is 6.10 Å². The van der Waals surface area contributed by atoms with Crippen LogP contribution in [0.1, 0.15) is 20.8 Å². The second-order valence-corrected chi connectivity index (χ2v) is 2.80. The smallest absolute Gasteiger partial charge is 0.259 e. The first-order chi connectivity index (χ1) is 4.57. The van der Waals surface area contributed by atoms with Crippen molar-refractivity contribution in [2.24, 2.45) is 0 Å². The highest BCUT2D eigenvalue weighted by atomic mass is 32.1. The monoisotopic (exact) mass is 161 g/mol. The molecule has 0 radical (unpaired) electrons. The van der Waals surface area contributed by atoms with Crippen LogP contribution in [0.3, 0.4) is 0 Å². The van der Waals surface area contributed by atoms with Crippen molar-refractivity contribution in [3.05, 3.63) is 0 Å². The molecule has 3 heteroatoms. The van der Waals surface area contributed by atoms with E-state index in [2.05, 4.69) is 0 Å². The summed E-state index contributed by atoms with van der Waals surface area (Å²) in [6, 6.07) is 0. The van der Waals surface area contributed by atoms with E-state index in [0.717, 1.165) is 6.54 Å². The number of hydrogen-bond acceptors (Lipinski definition) is 2. The molecule has 0 aromatic heterocycles. The first-order valence-corrected chi connectivity index (χ1v) is 3.90. The molecular formula is C7H15NOS. The SMILES string of the molecule is CCN(C)C(=S)OC(C)C. The van der Waals surface area contributed by atoms with Gasteiger partial charge < -0.3 is 9.64 Å². The molecule has 0 rings (SSSR count). The highest BCUT2D eigenvalue weighted by Crippen LogP contribution is 1.94. The quantitative estimate of drug-likeness (QED) is 0.571. The van der Waals surface area contributed by atoms with Crippen LogP contribution >= 0.6 is 12.2 Å². The minimum absolute atomic E-state index is 0.182. The Kier molecular flexibility index (Phi) is 4.36. The Labute approximate surface area is 68.2 Å². The minimum atomic E-state index is 0.182. The molecule has 60 valence electrons. The summed E-state index contributed by atoms with van der Waals surface area (Å²) in [5.41, 5.74) is 0. The number of nitrogens with zero attached hydrogens (tertiary/aromatic N) is 1. The zero-order valence-corrected chi connectivity index (χ0v) is 7.86. The Hall–Kier alpha value is -0.310. The molecule has 0 saturated heterocycles. The van der Waals surface area contributed by atoms with Gasteiger partial charge in [0.2, 0.25) is 0 Å². The third kappa shape index (κ3) is 3.67. The van der Waals surface area contributed by atoms with Gasteiger partial charge in [0, 0.05) is 13.6 Å². The number of thiocarbonyl (C=S) groups is 1. The number of hydrogen-bond donors (Lipinski definition) is 0. The second kappa shape index (κ2) is 4.50. The van der Waals surface area contributed by atoms with Crippen LogP contribution in [0, 0.1) is 0 Å². The molecular weight excluding hydrogens is 146 g/mol. The predicted molar refractivity (Wildman–Crippen MR) is 47.1 cm³/mol. The molecule has 0 aliphatic heterocycles. The van der Waals surface area contributed by atoms with Gasteiger partial charge in [-0.2, -0.15) is 0 Å². The van der Waals surface area contributed by atoms with Crippen molar-refractivity contribution in [2.75, 3.05) is 13.6 Å². The van der Waals surface area contributed by atoms with Gasteiger partial charge >= 0.3 is 0 Å². The van der Waals surface area contributed by atoms with Crippen molar-refractivity contribution in [3.8, 4) is 0 Å². The first kappa shape index (κ1) is 9.69. The molecule has 0 N–H and O–H groups in total. The Morgan fingerprint density at radius 1 is 1.60 bits per heavy atom. The summed E-state index contributed by atoms with van der Waals surface area (Å²) in [5, 5.41) is 0.581. The molecule has 0 aliphatic carbocycles. The molecule has 0 aromatic rings. The molecule has 0 aliphatic rings. The maximum Gasteiger partial charge on any atom is 0.259 e. The lowest BCUT2D eigenvalue weighted by atomic mass is 10.5. The van der Waals surface area contributed by atoms with E-state index in [0.29, 0.717) is 5.17 Å². The number of rotatable bonds is 2. The summed E-state index contributed by atoms with van der Waals surface area (Å²) >= 11 is 4.96. The molecule has 0 saturated carbocycles. The molecule has 0 spiro atoms. The molecule has 0 aromatic carbocycles. The summed E-state index contributed by atoms with van der Waals surface area (Å²) in [7, 11) is 1.92. The van der Waals surface area contributed by atoms with E-state index in [1.165, 1.54) is 0 Å². The van der Waals surface area contributed by atoms with Gasteiger partial charge in [0.1, 0.15) is 0 Å². The lowest BCUT2D eigenvalue weighted by molar-refractivity contribution is 0.197. The van der Waals surface area contributed by atoms with Crippen LogP contribution in [0.25, 0.3) is 0 Å². The Morgan fingerprint density at radius 3 is 2.40 bits per heavy atom. The highest BCUT2D eigenvalue weighted by Gasteiger charge is 2.03. The van der Waals surface area contributed by atoms with Gasteiger partial charge in [-0.1, -0.05) is 0 Å². The Bertz CT molecular complexity index is 114. The van der Waals surface area contributed by atoms with Crippen molar-refractivity contribution < 1.29 is 4.74 Å². The van der Waals surface area contributed by atoms with E-state index in [-0.39, 0.29) is 6.10 Å². The molecule has 0 fully saturated rings. The highest BCUT2D eigenvalue weighted by molar-refractivity contribution is 7.80. The van der Waals surface area contributed by atoms with Crippen LogP contribution in [0.2, 0.25) is 0 Å². The molecule has 10 heavy (non-hydrogen) atoms. The first-order valence-electron chi connectivity index (χ1n) is 3.49. The zero-order valence-electron chi connectivity index (χ0n) is 7.05. The molecule has 2 nitrogen and oxygen atoms in total. The van der Waals surface area contributed by atoms with Crippen LogP contribution in [0.4, 0.5) is 0 Å². The molecule has 0 unspecified atom stereocenters. The zero-order chi connectivity index (χ0) is 8.15. The fourth-order valence-corrected chi connectivity index (χ4v) is 0.742. The van der Waals surface area contributed by atoms with Crippen molar-refractivity contribution in [2.45, 2.75) is 26.9 Å². The second-order valence-electron chi connectivity index (χ2n) is 2.45. The van der Waals surface area contributed by atoms with E-state index in [1.54, 1.807) is 0 Å². The third-order valence-corrected chi connectivity index (χ3v) is 1.53. The lowest BCUT2D eigenvalue weighted by Gasteiger charge is -2.19. The van der Waals surface area contributed by atoms with Gasteiger partial charge in [0.15, 0.2) is 0 Å². The van der Waals surface area contributed by atoms with Gasteiger partial charge in [-0.15, -0.1) is 0 Å². The van der Waals surface area contributed by atoms with E-state index in [1.807, 2.05) is 32.7 Å². The lowest BCUT2D eigenvalue weighted by Crippen LogP contribution is -2.28. The minimum Gasteiger partial charge on any atom is -0.468 e. The van der Waals surface area contributed by atoms with Crippen LogP contribution in [-0.2, 0) is 4.74 Å². The van der Waals surface area contributed by atoms with E-state index < -0.39 is 0 Å². The van der Waals surface area contributed by atoms with Gasteiger partial charge in [0.25, 0.3) is 5.17 Å². The van der Waals surface area contributed by atoms with Crippen molar-refractivity contribution >= 4 is 17.4 Å². The summed E-state index contributed by atoms with van der Waals surface area (Å²) in [6.45, 7) is 6.87. The average Bonchev–Trinajstić information content (AvgIpc) is 1.85. The summed E-state index contributed by atoms with van der Waals surface area (Å²) in [5.74, 6) is 0. The summed E-state index contributed by atoms with van der Waals surface area (Å²) in [4.78, 5) is 1.90. The summed E-state index contributed by atoms with van der Waals surface area (Å²) < 4.78 is 5.26. The van der Waals surface area contributed by atoms with Gasteiger partial charge in [-0.3, -0.25) is 0 Å². The molecule has 0 atom stereocenters. The van der Waals surface area contributed by atoms with Crippen molar-refractivity contribution in [3.63, 3.8) is 0 Å². The van der Waals surface area contributed by atoms with Crippen LogP contribution in [0.15, 0.2) is 0 Å². The Balaban J connectivity index is 3.62. The largest absolute Gasteiger partial charge is 0.468 e. The number of ether oxygens (including phenoxy) is 1. The van der Waals surface area contributed by atoms with Crippen molar-refractivity contribution in [1.29, 1.82) is 0 Å². The molecule has 0 heterocycles. The maximum absolute atomic E-state index is 5.26. The fraction of sp³-hybridized carbons (Fsp3) is 0.857. The van der Waals surface area contributed by atoms with Crippen LogP contribution < -0.4 is 0 Å². The maximum atomic E-state index is 5.26. The molecule has 0 bridgehead atoms. The van der Waals surface area contributed by atoms with E-state index in [4.69, 9.17) is 17.0 Å². The predicted octanol–water partition coefficient (Wildman–Crippen LogP) is 1.65. The van der Waals surface area contributed by atoms with E-state index >= 15 is 0 Å². The topological polar surface area (TPSA) is 12.5 Å². The van der Waals surface area contributed by atoms with Crippen molar-refractivity contribution in [1.82, 2.24) is 4.90 Å². The van der Waals surface area contributed by atoms with E-state index in [9.17, 15) is 0 Å². The summed E-state index contributed by atoms with van der Waals surface area (Å²) in [6.07, 6.45) is 0.182. The standard InChI is InChI=1S/C7H15NOS/c1-5-8(4)7(10)9-6(2)3/h6H,5H2,1-4H3.